The summed E-state index contributed by atoms with van der Waals surface area (Å²) in [6.45, 7) is 4.12. The minimum atomic E-state index is -1.71. The smallest absolute Gasteiger partial charge is 0.323 e. The Morgan fingerprint density at radius 1 is 1.27 bits per heavy atom. The molecule has 0 bridgehead atoms. The largest absolute Gasteiger partial charge is 0.461 e. The molecule has 5 N–H and O–H groups in total. The van der Waals surface area contributed by atoms with E-state index in [9.17, 15) is 4.79 Å². The maximum Gasteiger partial charge on any atom is 0.323 e. The van der Waals surface area contributed by atoms with Crippen molar-refractivity contribution in [3.63, 3.8) is 0 Å². The number of anilines is 2. The van der Waals surface area contributed by atoms with Crippen LogP contribution in [0.3, 0.4) is 0 Å². The maximum atomic E-state index is 12.7. The lowest BCUT2D eigenvalue weighted by atomic mass is 10.1. The van der Waals surface area contributed by atoms with Crippen LogP contribution in [0.15, 0.2) is 36.5 Å². The minimum absolute atomic E-state index is 0.0203. The molecule has 2 aliphatic rings. The van der Waals surface area contributed by atoms with Crippen molar-refractivity contribution in [2.45, 2.75) is 70.4 Å². The van der Waals surface area contributed by atoms with Crippen LogP contribution >= 0.6 is 20.1 Å². The van der Waals surface area contributed by atoms with Crippen LogP contribution in [-0.4, -0.2) is 52.4 Å². The number of fused-ring (bicyclic) bond motifs is 1. The quantitative estimate of drug-likeness (QED) is 0.121. The van der Waals surface area contributed by atoms with Crippen molar-refractivity contribution in [2.24, 2.45) is 11.8 Å². The summed E-state index contributed by atoms with van der Waals surface area (Å²) in [6.07, 6.45) is 6.11. The van der Waals surface area contributed by atoms with Crippen LogP contribution in [0.25, 0.3) is 11.0 Å². The van der Waals surface area contributed by atoms with Crippen LogP contribution in [0, 0.1) is 5.92 Å². The summed E-state index contributed by atoms with van der Waals surface area (Å²) in [5.41, 5.74) is 6.62. The fraction of sp³-hybridized carbons (Fsp3) is 0.519. The number of carbonyl (C=O) groups is 1. The molecule has 222 valence electrons. The molecule has 3 aromatic rings. The molecular weight excluding hydrogens is 569 g/mol. The van der Waals surface area contributed by atoms with Gasteiger partial charge in [-0.3, -0.25) is 9.80 Å². The van der Waals surface area contributed by atoms with Crippen LogP contribution in [0.4, 0.5) is 11.8 Å². The lowest BCUT2D eigenvalue weighted by molar-refractivity contribution is -0.150. The number of carbonyl (C=O) groups excluding carboxylic acids is 1. The SMILES string of the molecule is CC(NP(OCC1CC(C)C(n2ccc3c(N(C)N)nc(N)nc32)O1)Oc1ccc(Cl)cc1)C(=O)OC1CCCC1. The van der Waals surface area contributed by atoms with Gasteiger partial charge in [0.1, 0.15) is 29.8 Å². The highest BCUT2D eigenvalue weighted by Gasteiger charge is 2.36. The molecule has 2 fully saturated rings. The highest BCUT2D eigenvalue weighted by molar-refractivity contribution is 7.45. The third kappa shape index (κ3) is 7.20. The van der Waals surface area contributed by atoms with E-state index in [1.807, 2.05) is 16.8 Å². The number of aromatic nitrogens is 3. The Kier molecular flexibility index (Phi) is 9.48. The number of halogens is 1. The van der Waals surface area contributed by atoms with Gasteiger partial charge in [-0.1, -0.05) is 18.5 Å². The molecule has 0 amide bonds. The Morgan fingerprint density at radius 2 is 2.00 bits per heavy atom. The number of hydrogen-bond donors (Lipinski definition) is 3. The summed E-state index contributed by atoms with van der Waals surface area (Å²) >= 11 is 6.04. The summed E-state index contributed by atoms with van der Waals surface area (Å²) in [5, 5.41) is 5.97. The normalized spacial score (nSPS) is 22.6. The lowest BCUT2D eigenvalue weighted by Gasteiger charge is -2.24. The van der Waals surface area contributed by atoms with E-state index in [1.165, 1.54) is 5.01 Å². The average molecular weight is 606 g/mol. The Labute approximate surface area is 245 Å². The van der Waals surface area contributed by atoms with E-state index in [0.717, 1.165) is 37.5 Å². The number of ether oxygens (including phenoxy) is 2. The zero-order valence-electron chi connectivity index (χ0n) is 23.4. The monoisotopic (exact) mass is 605 g/mol. The standard InChI is InChI=1S/C27H37ClN7O5P/c1-16-14-21(38-25(16)35-13-12-22-23(34(3)30)31-27(29)32-24(22)35)15-37-41(40-20-10-8-18(28)9-11-20)33-17(2)26(36)39-19-6-4-5-7-19/h8-13,16-17,19,21,25,33H,4-7,14-15,30H2,1-3H3,(H2,29,31,32). The first-order chi connectivity index (χ1) is 19.7. The Morgan fingerprint density at radius 3 is 2.71 bits per heavy atom. The van der Waals surface area contributed by atoms with Crippen LogP contribution in [0.1, 0.15) is 52.2 Å². The summed E-state index contributed by atoms with van der Waals surface area (Å²) in [7, 11) is -0.00489. The number of nitrogens with zero attached hydrogens (tertiary/aromatic N) is 4. The van der Waals surface area contributed by atoms with Gasteiger partial charge in [0.05, 0.1) is 18.1 Å². The van der Waals surface area contributed by atoms with Crippen molar-refractivity contribution in [1.82, 2.24) is 19.6 Å². The highest BCUT2D eigenvalue weighted by atomic mass is 35.5. The van der Waals surface area contributed by atoms with Gasteiger partial charge in [0.15, 0.2) is 5.82 Å². The number of benzene rings is 1. The van der Waals surface area contributed by atoms with E-state index in [1.54, 1.807) is 38.2 Å². The molecule has 1 aromatic carbocycles. The number of hydrogen-bond acceptors (Lipinski definition) is 11. The third-order valence-electron chi connectivity index (χ3n) is 7.25. The van der Waals surface area contributed by atoms with Gasteiger partial charge in [-0.05, 0) is 69.4 Å². The lowest BCUT2D eigenvalue weighted by Crippen LogP contribution is -2.35. The molecule has 5 atom stereocenters. The van der Waals surface area contributed by atoms with E-state index in [2.05, 4.69) is 22.0 Å². The van der Waals surface area contributed by atoms with Crippen LogP contribution in [0.5, 0.6) is 5.75 Å². The number of esters is 1. The second-order valence-electron chi connectivity index (χ2n) is 10.6. The molecule has 5 rings (SSSR count). The topological polar surface area (TPSA) is 152 Å². The fourth-order valence-electron chi connectivity index (χ4n) is 5.19. The second-order valence-corrected chi connectivity index (χ2v) is 12.3. The van der Waals surface area contributed by atoms with E-state index in [0.29, 0.717) is 22.2 Å². The summed E-state index contributed by atoms with van der Waals surface area (Å²) in [5.74, 6) is 7.04. The van der Waals surface area contributed by atoms with Crippen LogP contribution < -0.4 is 26.2 Å². The molecule has 1 aliphatic heterocycles. The number of nitrogens with one attached hydrogen (secondary N) is 1. The molecule has 1 saturated heterocycles. The minimum Gasteiger partial charge on any atom is -0.461 e. The molecule has 0 spiro atoms. The predicted molar refractivity (Wildman–Crippen MR) is 158 cm³/mol. The first-order valence-electron chi connectivity index (χ1n) is 13.8. The Hall–Kier alpha value is -2.73. The van der Waals surface area contributed by atoms with E-state index in [-0.39, 0.29) is 42.9 Å². The third-order valence-corrected chi connectivity index (χ3v) is 8.86. The molecule has 1 aliphatic carbocycles. The van der Waals surface area contributed by atoms with Gasteiger partial charge in [-0.15, -0.1) is 0 Å². The van der Waals surface area contributed by atoms with Gasteiger partial charge >= 0.3 is 14.5 Å². The molecule has 12 nitrogen and oxygen atoms in total. The van der Waals surface area contributed by atoms with Crippen molar-refractivity contribution < 1.29 is 23.3 Å². The predicted octanol–water partition coefficient (Wildman–Crippen LogP) is 4.69. The first kappa shape index (κ1) is 29.8. The van der Waals surface area contributed by atoms with Gasteiger partial charge in [-0.25, -0.2) is 10.9 Å². The van der Waals surface area contributed by atoms with E-state index >= 15 is 0 Å². The van der Waals surface area contributed by atoms with Crippen molar-refractivity contribution in [3.8, 4) is 5.75 Å². The van der Waals surface area contributed by atoms with Crippen molar-refractivity contribution >= 4 is 48.9 Å². The maximum absolute atomic E-state index is 12.7. The van der Waals surface area contributed by atoms with Gasteiger partial charge in [0, 0.05) is 24.2 Å². The van der Waals surface area contributed by atoms with Gasteiger partial charge in [0.2, 0.25) is 5.95 Å². The Bertz CT molecular complexity index is 1340. The summed E-state index contributed by atoms with van der Waals surface area (Å²) in [6, 6.07) is 8.28. The Balaban J connectivity index is 1.25. The molecule has 0 radical (unpaired) electrons. The number of hydrazine groups is 1. The number of rotatable bonds is 11. The van der Waals surface area contributed by atoms with Crippen molar-refractivity contribution in [3.05, 3.63) is 41.6 Å². The molecule has 5 unspecified atom stereocenters. The van der Waals surface area contributed by atoms with Crippen LogP contribution in [-0.2, 0) is 18.8 Å². The highest BCUT2D eigenvalue weighted by Crippen LogP contribution is 2.41. The van der Waals surface area contributed by atoms with Gasteiger partial charge in [-0.2, -0.15) is 9.97 Å². The molecule has 3 heterocycles. The number of nitrogen functional groups attached to an aromatic ring is 1. The van der Waals surface area contributed by atoms with Gasteiger partial charge < -0.3 is 28.8 Å². The van der Waals surface area contributed by atoms with Gasteiger partial charge in [0.25, 0.3) is 0 Å². The van der Waals surface area contributed by atoms with Crippen molar-refractivity contribution in [1.29, 1.82) is 0 Å². The molecule has 14 heteroatoms. The molecular formula is C27H37ClN7O5P. The van der Waals surface area contributed by atoms with Crippen molar-refractivity contribution in [2.75, 3.05) is 24.4 Å². The van der Waals surface area contributed by atoms with Crippen LogP contribution in [0.2, 0.25) is 5.02 Å². The van der Waals surface area contributed by atoms with E-state index < -0.39 is 14.6 Å². The molecule has 1 saturated carbocycles. The van der Waals surface area contributed by atoms with E-state index in [4.69, 9.17) is 41.7 Å². The zero-order chi connectivity index (χ0) is 29.1. The number of nitrogens with two attached hydrogens (primary N) is 2. The molecule has 2 aromatic heterocycles. The fourth-order valence-corrected chi connectivity index (χ4v) is 6.53. The second kappa shape index (κ2) is 13.1. The first-order valence-corrected chi connectivity index (χ1v) is 15.3. The zero-order valence-corrected chi connectivity index (χ0v) is 25.1. The summed E-state index contributed by atoms with van der Waals surface area (Å²) < 4.78 is 26.4. The summed E-state index contributed by atoms with van der Waals surface area (Å²) in [4.78, 5) is 21.5. The average Bonchev–Trinajstić information content (AvgIpc) is 3.68. The molecule has 41 heavy (non-hydrogen) atoms.